The van der Waals surface area contributed by atoms with Gasteiger partial charge in [-0.15, -0.1) is 0 Å². The van der Waals surface area contributed by atoms with Crippen LogP contribution in [-0.2, 0) is 27.1 Å². The normalized spacial score (nSPS) is 21.5. The molecule has 2 aromatic rings. The van der Waals surface area contributed by atoms with Gasteiger partial charge in [0.1, 0.15) is 18.4 Å². The quantitative estimate of drug-likeness (QED) is 0.518. The summed E-state index contributed by atoms with van der Waals surface area (Å²) in [7, 11) is -0.662. The molecule has 0 aliphatic carbocycles. The number of amides is 1. The van der Waals surface area contributed by atoms with E-state index in [0.29, 0.717) is 29.6 Å². The van der Waals surface area contributed by atoms with E-state index < -0.39 is 36.4 Å². The number of ether oxygens (including phenoxy) is 1. The van der Waals surface area contributed by atoms with Crippen molar-refractivity contribution in [3.8, 4) is 5.75 Å². The molecule has 0 N–H and O–H groups in total. The van der Waals surface area contributed by atoms with E-state index in [0.717, 1.165) is 10.5 Å². The summed E-state index contributed by atoms with van der Waals surface area (Å²) in [6.45, 7) is 8.16. The first-order valence-corrected chi connectivity index (χ1v) is 12.4. The molecule has 9 heteroatoms. The number of benzene rings is 2. The van der Waals surface area contributed by atoms with E-state index >= 15 is 0 Å². The first kappa shape index (κ1) is 26.5. The topological polar surface area (TPSA) is 48.0 Å². The minimum absolute atomic E-state index is 0.0689. The van der Waals surface area contributed by atoms with Gasteiger partial charge in [-0.05, 0) is 64.1 Å². The molecule has 0 bridgehead atoms. The largest absolute Gasteiger partial charge is 0.494 e. The fourth-order valence-electron chi connectivity index (χ4n) is 4.57. The lowest BCUT2D eigenvalue weighted by molar-refractivity contribution is -0.195. The molecular weight excluding hydrogens is 470 g/mol. The second kappa shape index (κ2) is 10.1. The Morgan fingerprint density at radius 2 is 1.72 bits per heavy atom. The van der Waals surface area contributed by atoms with Crippen molar-refractivity contribution in [2.75, 3.05) is 6.54 Å². The van der Waals surface area contributed by atoms with Crippen molar-refractivity contribution in [1.82, 2.24) is 4.90 Å². The Morgan fingerprint density at radius 3 is 2.36 bits per heavy atom. The van der Waals surface area contributed by atoms with Crippen LogP contribution in [0.2, 0.25) is 0 Å². The Labute approximate surface area is 211 Å². The van der Waals surface area contributed by atoms with Crippen LogP contribution >= 0.6 is 0 Å². The van der Waals surface area contributed by atoms with Gasteiger partial charge in [0.05, 0.1) is 17.6 Å². The van der Waals surface area contributed by atoms with Crippen molar-refractivity contribution in [2.24, 2.45) is 0 Å². The highest BCUT2D eigenvalue weighted by atomic mass is 19.4. The SMILES string of the molecule is CC1(C)OB(c2ccc(OCc3ccccc3)c(CC(=O)N3CCCCC3C(F)(F)F)c2)OC1(C)C. The molecule has 1 amide bonds. The third-order valence-electron chi connectivity index (χ3n) is 7.39. The van der Waals surface area contributed by atoms with Gasteiger partial charge in [0.25, 0.3) is 0 Å². The monoisotopic (exact) mass is 503 g/mol. The van der Waals surface area contributed by atoms with Crippen LogP contribution in [0.25, 0.3) is 0 Å². The Balaban J connectivity index is 1.61. The van der Waals surface area contributed by atoms with Crippen LogP contribution in [0.15, 0.2) is 48.5 Å². The predicted molar refractivity (Wildman–Crippen MR) is 132 cm³/mol. The number of likely N-dealkylation sites (tertiary alicyclic amines) is 1. The summed E-state index contributed by atoms with van der Waals surface area (Å²) in [5, 5.41) is 0. The van der Waals surface area contributed by atoms with E-state index in [2.05, 4.69) is 0 Å². The Hall–Kier alpha value is -2.52. The van der Waals surface area contributed by atoms with Gasteiger partial charge in [0.15, 0.2) is 0 Å². The van der Waals surface area contributed by atoms with Crippen LogP contribution in [0.5, 0.6) is 5.75 Å². The molecule has 2 saturated heterocycles. The van der Waals surface area contributed by atoms with Crippen LogP contribution in [0.3, 0.4) is 0 Å². The van der Waals surface area contributed by atoms with E-state index in [1.165, 1.54) is 0 Å². The van der Waals surface area contributed by atoms with Gasteiger partial charge in [-0.2, -0.15) is 13.2 Å². The summed E-state index contributed by atoms with van der Waals surface area (Å²) in [5.74, 6) is -0.110. The zero-order valence-corrected chi connectivity index (χ0v) is 21.2. The van der Waals surface area contributed by atoms with Crippen molar-refractivity contribution in [3.63, 3.8) is 0 Å². The number of carbonyl (C=O) groups is 1. The minimum atomic E-state index is -4.45. The van der Waals surface area contributed by atoms with E-state index in [1.807, 2.05) is 64.1 Å². The predicted octanol–water partition coefficient (Wildman–Crippen LogP) is 5.05. The third-order valence-corrected chi connectivity index (χ3v) is 7.39. The van der Waals surface area contributed by atoms with Crippen molar-refractivity contribution in [2.45, 2.75) is 83.4 Å². The number of rotatable bonds is 6. The molecule has 36 heavy (non-hydrogen) atoms. The van der Waals surface area contributed by atoms with E-state index in [9.17, 15) is 18.0 Å². The average Bonchev–Trinajstić information content (AvgIpc) is 3.05. The summed E-state index contributed by atoms with van der Waals surface area (Å²) in [4.78, 5) is 14.2. The van der Waals surface area contributed by atoms with Gasteiger partial charge in [-0.3, -0.25) is 4.79 Å². The van der Waals surface area contributed by atoms with Crippen molar-refractivity contribution >= 4 is 18.5 Å². The number of hydrogen-bond acceptors (Lipinski definition) is 4. The van der Waals surface area contributed by atoms with Crippen LogP contribution < -0.4 is 10.2 Å². The smallest absolute Gasteiger partial charge is 0.489 e. The number of hydrogen-bond donors (Lipinski definition) is 0. The molecule has 5 nitrogen and oxygen atoms in total. The second-order valence-corrected chi connectivity index (χ2v) is 10.5. The number of halogens is 3. The lowest BCUT2D eigenvalue weighted by atomic mass is 9.78. The molecule has 0 radical (unpaired) electrons. The molecule has 4 rings (SSSR count). The van der Waals surface area contributed by atoms with Gasteiger partial charge in [-0.25, -0.2) is 0 Å². The maximum Gasteiger partial charge on any atom is 0.494 e. The van der Waals surface area contributed by atoms with Crippen molar-refractivity contribution in [3.05, 3.63) is 59.7 Å². The highest BCUT2D eigenvalue weighted by Crippen LogP contribution is 2.37. The Bertz CT molecular complexity index is 1060. The number of nitrogens with zero attached hydrogens (tertiary/aromatic N) is 1. The minimum Gasteiger partial charge on any atom is -0.489 e. The van der Waals surface area contributed by atoms with Gasteiger partial charge >= 0.3 is 13.3 Å². The number of piperidine rings is 1. The van der Waals surface area contributed by atoms with Gasteiger partial charge < -0.3 is 18.9 Å². The van der Waals surface area contributed by atoms with E-state index in [4.69, 9.17) is 14.0 Å². The molecule has 194 valence electrons. The molecule has 2 fully saturated rings. The summed E-state index contributed by atoms with van der Waals surface area (Å²) >= 11 is 0. The maximum absolute atomic E-state index is 13.6. The van der Waals surface area contributed by atoms with Crippen LogP contribution in [0, 0.1) is 0 Å². The van der Waals surface area contributed by atoms with Crippen LogP contribution in [0.4, 0.5) is 13.2 Å². The molecule has 0 spiro atoms. The molecule has 2 aliphatic heterocycles. The summed E-state index contributed by atoms with van der Waals surface area (Å²) in [5.41, 5.74) is 1.04. The standard InChI is InChI=1S/C27H33BF3NO4/c1-25(2)26(3,4)36-28(35-25)21-13-14-22(34-18-19-10-6-5-7-11-19)20(16-21)17-24(33)32-15-9-8-12-23(32)27(29,30)31/h5-7,10-11,13-14,16,23H,8-9,12,15,17-18H2,1-4H3. The molecule has 0 aromatic heterocycles. The lowest BCUT2D eigenvalue weighted by Crippen LogP contribution is -2.51. The molecule has 2 heterocycles. The molecule has 2 aliphatic rings. The highest BCUT2D eigenvalue weighted by molar-refractivity contribution is 6.62. The van der Waals surface area contributed by atoms with Crippen LogP contribution in [-0.4, -0.2) is 47.9 Å². The fraction of sp³-hybridized carbons (Fsp3) is 0.519. The lowest BCUT2D eigenvalue weighted by Gasteiger charge is -2.37. The van der Waals surface area contributed by atoms with Gasteiger partial charge in [-0.1, -0.05) is 42.5 Å². The first-order chi connectivity index (χ1) is 16.9. The highest BCUT2D eigenvalue weighted by Gasteiger charge is 2.52. The Kier molecular flexibility index (Phi) is 7.44. The summed E-state index contributed by atoms with van der Waals surface area (Å²) in [6, 6.07) is 13.1. The first-order valence-electron chi connectivity index (χ1n) is 12.4. The zero-order chi connectivity index (χ0) is 26.1. The molecule has 1 unspecified atom stereocenters. The van der Waals surface area contributed by atoms with Gasteiger partial charge in [0.2, 0.25) is 5.91 Å². The van der Waals surface area contributed by atoms with E-state index in [1.54, 1.807) is 12.1 Å². The summed E-state index contributed by atoms with van der Waals surface area (Å²) < 4.78 is 59.3. The molecule has 0 saturated carbocycles. The fourth-order valence-corrected chi connectivity index (χ4v) is 4.57. The van der Waals surface area contributed by atoms with Gasteiger partial charge in [0, 0.05) is 12.1 Å². The Morgan fingerprint density at radius 1 is 1.06 bits per heavy atom. The number of alkyl halides is 3. The molecule has 2 aromatic carbocycles. The zero-order valence-electron chi connectivity index (χ0n) is 21.2. The van der Waals surface area contributed by atoms with Crippen molar-refractivity contribution < 1.29 is 32.0 Å². The summed E-state index contributed by atoms with van der Waals surface area (Å²) in [6.07, 6.45) is -3.71. The maximum atomic E-state index is 13.6. The second-order valence-electron chi connectivity index (χ2n) is 10.5. The number of carbonyl (C=O) groups excluding carboxylic acids is 1. The van der Waals surface area contributed by atoms with Crippen molar-refractivity contribution in [1.29, 1.82) is 0 Å². The van der Waals surface area contributed by atoms with Crippen LogP contribution in [0.1, 0.15) is 58.1 Å². The van der Waals surface area contributed by atoms with E-state index in [-0.39, 0.29) is 26.0 Å². The molecule has 1 atom stereocenters. The molecular formula is C27H33BF3NO4. The average molecular weight is 503 g/mol. The third kappa shape index (κ3) is 5.73.